The van der Waals surface area contributed by atoms with Crippen LogP contribution in [0, 0.1) is 11.3 Å². The number of hydrogen-bond donors (Lipinski definition) is 1. The summed E-state index contributed by atoms with van der Waals surface area (Å²) in [5.41, 5.74) is 3.80. The van der Waals surface area contributed by atoms with Crippen LogP contribution in [-0.4, -0.2) is 19.9 Å². The first-order valence-corrected chi connectivity index (χ1v) is 7.88. The van der Waals surface area contributed by atoms with Crippen LogP contribution in [0.2, 0.25) is 0 Å². The van der Waals surface area contributed by atoms with Gasteiger partial charge in [0.05, 0.1) is 33.8 Å². The van der Waals surface area contributed by atoms with Crippen molar-refractivity contribution in [3.8, 4) is 6.07 Å². The maximum atomic E-state index is 9.82. The molecule has 0 spiro atoms. The number of para-hydroxylation sites is 4. The minimum atomic E-state index is -0.629. The van der Waals surface area contributed by atoms with Gasteiger partial charge in [-0.3, -0.25) is 4.98 Å². The van der Waals surface area contributed by atoms with Crippen LogP contribution in [-0.2, 0) is 5.41 Å². The first-order chi connectivity index (χ1) is 11.8. The Labute approximate surface area is 138 Å². The highest BCUT2D eigenvalue weighted by Crippen LogP contribution is 2.59. The number of imidazole rings is 1. The summed E-state index contributed by atoms with van der Waals surface area (Å²) in [5, 5.41) is 9.82. The fourth-order valence-corrected chi connectivity index (χ4v) is 3.36. The topological polar surface area (TPSA) is 78.2 Å². The molecule has 0 aliphatic heterocycles. The number of aromatic nitrogens is 4. The summed E-state index contributed by atoms with van der Waals surface area (Å²) >= 11 is 0. The molecular weight excluding hydrogens is 298 g/mol. The second kappa shape index (κ2) is 4.62. The van der Waals surface area contributed by atoms with Crippen molar-refractivity contribution in [2.75, 3.05) is 0 Å². The zero-order chi connectivity index (χ0) is 16.1. The van der Waals surface area contributed by atoms with E-state index in [1.54, 1.807) is 6.20 Å². The molecule has 0 amide bonds. The molecule has 2 aromatic heterocycles. The van der Waals surface area contributed by atoms with Crippen molar-refractivity contribution in [2.24, 2.45) is 0 Å². The summed E-state index contributed by atoms with van der Waals surface area (Å²) in [7, 11) is 0. The van der Waals surface area contributed by atoms with Crippen molar-refractivity contribution in [1.82, 2.24) is 19.9 Å². The molecule has 5 rings (SSSR count). The van der Waals surface area contributed by atoms with Gasteiger partial charge in [-0.15, -0.1) is 0 Å². The highest BCUT2D eigenvalue weighted by atomic mass is 15.0. The minimum Gasteiger partial charge on any atom is -0.341 e. The Hall–Kier alpha value is -3.26. The van der Waals surface area contributed by atoms with Crippen LogP contribution in [0.1, 0.15) is 23.9 Å². The van der Waals surface area contributed by atoms with Crippen LogP contribution >= 0.6 is 0 Å². The zero-order valence-electron chi connectivity index (χ0n) is 12.8. The summed E-state index contributed by atoms with van der Waals surface area (Å²) in [5.74, 6) is 0.756. The van der Waals surface area contributed by atoms with Gasteiger partial charge >= 0.3 is 0 Å². The van der Waals surface area contributed by atoms with Crippen molar-refractivity contribution in [1.29, 1.82) is 5.26 Å². The number of nitrogens with zero attached hydrogens (tertiary/aromatic N) is 4. The molecule has 24 heavy (non-hydrogen) atoms. The molecule has 2 atom stereocenters. The number of H-pyrrole nitrogens is 1. The average Bonchev–Trinajstić information content (AvgIpc) is 3.23. The van der Waals surface area contributed by atoms with E-state index in [1.165, 1.54) is 0 Å². The maximum absolute atomic E-state index is 9.82. The fourth-order valence-electron chi connectivity index (χ4n) is 3.36. The van der Waals surface area contributed by atoms with E-state index in [9.17, 15) is 5.26 Å². The number of benzene rings is 2. The van der Waals surface area contributed by atoms with Gasteiger partial charge in [0.15, 0.2) is 0 Å². The monoisotopic (exact) mass is 311 g/mol. The summed E-state index contributed by atoms with van der Waals surface area (Å²) < 4.78 is 0. The number of aromatic amines is 1. The SMILES string of the molecule is N#C[C@@]1(c2nc3ccccc3[nH]2)C[C@H]1c1cnc2ccccc2n1. The highest BCUT2D eigenvalue weighted by Gasteiger charge is 2.60. The lowest BCUT2D eigenvalue weighted by Gasteiger charge is -2.05. The molecule has 0 unspecified atom stereocenters. The molecule has 5 nitrogen and oxygen atoms in total. The van der Waals surface area contributed by atoms with Crippen LogP contribution in [0.3, 0.4) is 0 Å². The Bertz CT molecular complexity index is 1090. The van der Waals surface area contributed by atoms with E-state index in [0.717, 1.165) is 40.0 Å². The molecule has 4 aromatic rings. The molecular formula is C19H13N5. The van der Waals surface area contributed by atoms with E-state index < -0.39 is 5.41 Å². The number of nitrogens with one attached hydrogen (secondary N) is 1. The standard InChI is InChI=1S/C19H13N5/c20-11-19(18-23-15-7-3-4-8-16(15)24-18)9-12(19)17-10-21-13-5-1-2-6-14(13)22-17/h1-8,10,12H,9H2,(H,23,24)/t12-,19-/m0/s1. The van der Waals surface area contributed by atoms with Crippen molar-refractivity contribution >= 4 is 22.1 Å². The van der Waals surface area contributed by atoms with E-state index in [1.807, 2.05) is 48.5 Å². The van der Waals surface area contributed by atoms with Crippen LogP contribution in [0.4, 0.5) is 0 Å². The second-order valence-electron chi connectivity index (χ2n) is 6.23. The third kappa shape index (κ3) is 1.77. The van der Waals surface area contributed by atoms with Gasteiger partial charge in [-0.25, -0.2) is 9.97 Å². The molecule has 1 N–H and O–H groups in total. The highest BCUT2D eigenvalue weighted by molar-refractivity contribution is 5.76. The number of hydrogen-bond acceptors (Lipinski definition) is 4. The van der Waals surface area contributed by atoms with Gasteiger partial charge in [-0.05, 0) is 30.7 Å². The molecule has 1 aliphatic carbocycles. The van der Waals surface area contributed by atoms with Crippen LogP contribution in [0.5, 0.6) is 0 Å². The first-order valence-electron chi connectivity index (χ1n) is 7.88. The smallest absolute Gasteiger partial charge is 0.128 e. The molecule has 2 aromatic carbocycles. The molecule has 2 heterocycles. The van der Waals surface area contributed by atoms with Crippen LogP contribution in [0.25, 0.3) is 22.1 Å². The van der Waals surface area contributed by atoms with Gasteiger partial charge in [-0.2, -0.15) is 5.26 Å². The third-order valence-corrected chi connectivity index (χ3v) is 4.80. The number of fused-ring (bicyclic) bond motifs is 2. The lowest BCUT2D eigenvalue weighted by molar-refractivity contribution is 0.778. The van der Waals surface area contributed by atoms with Gasteiger partial charge in [0.2, 0.25) is 0 Å². The van der Waals surface area contributed by atoms with Gasteiger partial charge < -0.3 is 4.98 Å². The zero-order valence-corrected chi connectivity index (χ0v) is 12.8. The van der Waals surface area contributed by atoms with Crippen LogP contribution < -0.4 is 0 Å². The quantitative estimate of drug-likeness (QED) is 0.615. The molecule has 5 heteroatoms. The predicted molar refractivity (Wildman–Crippen MR) is 90.3 cm³/mol. The largest absolute Gasteiger partial charge is 0.341 e. The summed E-state index contributed by atoms with van der Waals surface area (Å²) in [6, 6.07) is 18.1. The summed E-state index contributed by atoms with van der Waals surface area (Å²) in [4.78, 5) is 17.1. The van der Waals surface area contributed by atoms with Gasteiger partial charge in [0.25, 0.3) is 0 Å². The molecule has 1 fully saturated rings. The Balaban J connectivity index is 1.59. The van der Waals surface area contributed by atoms with Gasteiger partial charge in [0.1, 0.15) is 11.2 Å². The van der Waals surface area contributed by atoms with E-state index in [2.05, 4.69) is 21.0 Å². The molecule has 0 radical (unpaired) electrons. The number of nitriles is 1. The minimum absolute atomic E-state index is 0.0279. The predicted octanol–water partition coefficient (Wildman–Crippen LogP) is 3.45. The second-order valence-corrected chi connectivity index (χ2v) is 6.23. The molecule has 1 aliphatic rings. The van der Waals surface area contributed by atoms with Crippen LogP contribution in [0.15, 0.2) is 54.7 Å². The lowest BCUT2D eigenvalue weighted by atomic mass is 10.0. The number of rotatable bonds is 2. The van der Waals surface area contributed by atoms with E-state index in [0.29, 0.717) is 0 Å². The van der Waals surface area contributed by atoms with Crippen molar-refractivity contribution in [2.45, 2.75) is 17.8 Å². The summed E-state index contributed by atoms with van der Waals surface area (Å²) in [6.45, 7) is 0. The molecule has 0 saturated heterocycles. The molecule has 114 valence electrons. The first kappa shape index (κ1) is 13.2. The summed E-state index contributed by atoms with van der Waals surface area (Å²) in [6.07, 6.45) is 2.51. The van der Waals surface area contributed by atoms with Gasteiger partial charge in [0, 0.05) is 12.1 Å². The van der Waals surface area contributed by atoms with E-state index >= 15 is 0 Å². The Kier molecular flexibility index (Phi) is 2.54. The van der Waals surface area contributed by atoms with E-state index in [4.69, 9.17) is 4.98 Å². The third-order valence-electron chi connectivity index (χ3n) is 4.80. The molecule has 0 bridgehead atoms. The van der Waals surface area contributed by atoms with E-state index in [-0.39, 0.29) is 5.92 Å². The average molecular weight is 311 g/mol. The lowest BCUT2D eigenvalue weighted by Crippen LogP contribution is -2.09. The van der Waals surface area contributed by atoms with Crippen molar-refractivity contribution < 1.29 is 0 Å². The Morgan fingerprint density at radius 3 is 2.54 bits per heavy atom. The fraction of sp³-hybridized carbons (Fsp3) is 0.158. The van der Waals surface area contributed by atoms with Crippen molar-refractivity contribution in [3.63, 3.8) is 0 Å². The van der Waals surface area contributed by atoms with Crippen molar-refractivity contribution in [3.05, 3.63) is 66.2 Å². The maximum Gasteiger partial charge on any atom is 0.128 e. The Morgan fingerprint density at radius 2 is 1.75 bits per heavy atom. The normalized spacial score (nSPS) is 22.5. The Morgan fingerprint density at radius 1 is 1.00 bits per heavy atom. The molecule has 1 saturated carbocycles. The van der Waals surface area contributed by atoms with Gasteiger partial charge in [-0.1, -0.05) is 24.3 Å².